The predicted octanol–water partition coefficient (Wildman–Crippen LogP) is 7.35. The maximum Gasteiger partial charge on any atom is 0.573 e. The van der Waals surface area contributed by atoms with Crippen molar-refractivity contribution in [2.75, 3.05) is 0 Å². The van der Waals surface area contributed by atoms with Crippen molar-refractivity contribution in [3.05, 3.63) is 99.9 Å². The van der Waals surface area contributed by atoms with E-state index in [9.17, 15) is 17.6 Å². The van der Waals surface area contributed by atoms with Crippen molar-refractivity contribution >= 4 is 0 Å². The lowest BCUT2D eigenvalue weighted by atomic mass is 9.79. The molecule has 0 N–H and O–H groups in total. The summed E-state index contributed by atoms with van der Waals surface area (Å²) < 4.78 is 55.4. The highest BCUT2D eigenvalue weighted by atomic mass is 19.4. The minimum Gasteiger partial charge on any atom is -0.406 e. The highest BCUT2D eigenvalue weighted by Crippen LogP contribution is 2.34. The van der Waals surface area contributed by atoms with Gasteiger partial charge < -0.3 is 4.74 Å². The van der Waals surface area contributed by atoms with Gasteiger partial charge in [-0.2, -0.15) is 0 Å². The van der Waals surface area contributed by atoms with Gasteiger partial charge in [-0.1, -0.05) is 43.4 Å². The molecule has 170 valence electrons. The molecular formula is C28H24F4O. The Balaban J connectivity index is 1.45. The molecule has 1 nitrogen and oxygen atoms in total. The third-order valence-electron chi connectivity index (χ3n) is 5.92. The van der Waals surface area contributed by atoms with Crippen LogP contribution >= 0.6 is 0 Å². The van der Waals surface area contributed by atoms with Gasteiger partial charge in [0.05, 0.1) is 0 Å². The first-order valence-corrected chi connectivity index (χ1v) is 11.1. The zero-order valence-corrected chi connectivity index (χ0v) is 18.3. The van der Waals surface area contributed by atoms with Crippen LogP contribution in [0.5, 0.6) is 5.75 Å². The van der Waals surface area contributed by atoms with E-state index in [-0.39, 0.29) is 17.5 Å². The SMILES string of the molecule is CCCc1ccc(C2CCc3cc(C#Cc4ccc(OC(F)(F)F)cc4)ccc3C2)c(F)c1. The third kappa shape index (κ3) is 5.96. The van der Waals surface area contributed by atoms with Gasteiger partial charge >= 0.3 is 6.36 Å². The smallest absolute Gasteiger partial charge is 0.406 e. The summed E-state index contributed by atoms with van der Waals surface area (Å²) in [5, 5.41) is 0. The van der Waals surface area contributed by atoms with E-state index in [1.807, 2.05) is 18.2 Å². The molecule has 1 aliphatic rings. The van der Waals surface area contributed by atoms with E-state index in [0.29, 0.717) is 5.56 Å². The molecule has 0 aromatic heterocycles. The molecule has 4 rings (SSSR count). The van der Waals surface area contributed by atoms with Gasteiger partial charge in [0.25, 0.3) is 0 Å². The van der Waals surface area contributed by atoms with E-state index >= 15 is 0 Å². The quantitative estimate of drug-likeness (QED) is 0.297. The number of rotatable bonds is 4. The molecule has 1 aliphatic carbocycles. The van der Waals surface area contributed by atoms with Gasteiger partial charge in [0, 0.05) is 11.1 Å². The number of benzene rings is 3. The number of fused-ring (bicyclic) bond motifs is 1. The molecule has 0 aliphatic heterocycles. The average molecular weight is 452 g/mol. The summed E-state index contributed by atoms with van der Waals surface area (Å²) >= 11 is 0. The maximum absolute atomic E-state index is 14.7. The van der Waals surface area contributed by atoms with E-state index in [1.165, 1.54) is 35.4 Å². The van der Waals surface area contributed by atoms with Gasteiger partial charge in [0.2, 0.25) is 0 Å². The topological polar surface area (TPSA) is 9.23 Å². The number of halogens is 4. The van der Waals surface area contributed by atoms with Crippen LogP contribution in [0.2, 0.25) is 0 Å². The van der Waals surface area contributed by atoms with E-state index in [2.05, 4.69) is 35.6 Å². The van der Waals surface area contributed by atoms with Crippen molar-refractivity contribution in [1.82, 2.24) is 0 Å². The van der Waals surface area contributed by atoms with Gasteiger partial charge in [-0.3, -0.25) is 0 Å². The second-order valence-electron chi connectivity index (χ2n) is 8.35. The first-order valence-electron chi connectivity index (χ1n) is 11.1. The largest absolute Gasteiger partial charge is 0.573 e. The second-order valence-corrected chi connectivity index (χ2v) is 8.35. The highest BCUT2D eigenvalue weighted by Gasteiger charge is 2.31. The van der Waals surface area contributed by atoms with Crippen LogP contribution < -0.4 is 4.74 Å². The molecule has 0 fully saturated rings. The number of alkyl halides is 3. The first-order chi connectivity index (χ1) is 15.8. The lowest BCUT2D eigenvalue weighted by Gasteiger charge is -2.25. The summed E-state index contributed by atoms with van der Waals surface area (Å²) in [4.78, 5) is 0. The Kier molecular flexibility index (Phi) is 6.74. The van der Waals surface area contributed by atoms with Crippen molar-refractivity contribution < 1.29 is 22.3 Å². The molecule has 33 heavy (non-hydrogen) atoms. The predicted molar refractivity (Wildman–Crippen MR) is 121 cm³/mol. The minimum absolute atomic E-state index is 0.108. The number of hydrogen-bond donors (Lipinski definition) is 0. The number of ether oxygens (including phenoxy) is 1. The summed E-state index contributed by atoms with van der Waals surface area (Å²) in [6.07, 6.45) is -0.282. The molecule has 3 aromatic rings. The van der Waals surface area contributed by atoms with Crippen LogP contribution in [0.25, 0.3) is 0 Å². The summed E-state index contributed by atoms with van der Waals surface area (Å²) in [6, 6.07) is 17.2. The Morgan fingerprint density at radius 1 is 0.909 bits per heavy atom. The Labute approximate surface area is 191 Å². The molecule has 1 atom stereocenters. The van der Waals surface area contributed by atoms with Gasteiger partial charge in [0.1, 0.15) is 11.6 Å². The first kappa shape index (κ1) is 22.9. The second kappa shape index (κ2) is 9.70. The molecule has 3 aromatic carbocycles. The van der Waals surface area contributed by atoms with Crippen LogP contribution in [0.15, 0.2) is 60.7 Å². The molecular weight excluding hydrogens is 428 g/mol. The van der Waals surface area contributed by atoms with Crippen LogP contribution in [0.3, 0.4) is 0 Å². The van der Waals surface area contributed by atoms with E-state index in [1.54, 1.807) is 6.07 Å². The van der Waals surface area contributed by atoms with E-state index in [0.717, 1.165) is 48.8 Å². The zero-order valence-electron chi connectivity index (χ0n) is 18.3. The number of aryl methyl sites for hydroxylation is 2. The van der Waals surface area contributed by atoms with Gasteiger partial charge in [-0.15, -0.1) is 13.2 Å². The zero-order chi connectivity index (χ0) is 23.4. The van der Waals surface area contributed by atoms with Crippen LogP contribution in [0.4, 0.5) is 17.6 Å². The normalized spacial score (nSPS) is 15.4. The third-order valence-corrected chi connectivity index (χ3v) is 5.92. The molecule has 0 radical (unpaired) electrons. The Morgan fingerprint density at radius 2 is 1.64 bits per heavy atom. The Morgan fingerprint density at radius 3 is 2.33 bits per heavy atom. The summed E-state index contributed by atoms with van der Waals surface area (Å²) in [6.45, 7) is 2.09. The summed E-state index contributed by atoms with van der Waals surface area (Å²) in [5.41, 5.74) is 5.71. The molecule has 0 bridgehead atoms. The molecule has 0 amide bonds. The van der Waals surface area contributed by atoms with E-state index in [4.69, 9.17) is 0 Å². The molecule has 0 saturated carbocycles. The fourth-order valence-electron chi connectivity index (χ4n) is 4.33. The highest BCUT2D eigenvalue weighted by molar-refractivity contribution is 5.48. The Bertz CT molecular complexity index is 1180. The summed E-state index contributed by atoms with van der Waals surface area (Å²) in [7, 11) is 0. The lowest BCUT2D eigenvalue weighted by Crippen LogP contribution is -2.16. The molecule has 0 saturated heterocycles. The van der Waals surface area contributed by atoms with Crippen LogP contribution in [0, 0.1) is 17.7 Å². The van der Waals surface area contributed by atoms with Crippen molar-refractivity contribution in [2.24, 2.45) is 0 Å². The van der Waals surface area contributed by atoms with E-state index < -0.39 is 6.36 Å². The number of hydrogen-bond acceptors (Lipinski definition) is 1. The molecule has 0 heterocycles. The van der Waals surface area contributed by atoms with Crippen molar-refractivity contribution in [2.45, 2.75) is 51.3 Å². The van der Waals surface area contributed by atoms with Crippen molar-refractivity contribution in [3.63, 3.8) is 0 Å². The fourth-order valence-corrected chi connectivity index (χ4v) is 4.33. The molecule has 0 spiro atoms. The lowest BCUT2D eigenvalue weighted by molar-refractivity contribution is -0.274. The molecule has 1 unspecified atom stereocenters. The van der Waals surface area contributed by atoms with Gasteiger partial charge in [-0.05, 0) is 96.3 Å². The van der Waals surface area contributed by atoms with Crippen LogP contribution in [0.1, 0.15) is 59.1 Å². The fraction of sp³-hybridized carbons (Fsp3) is 0.286. The maximum atomic E-state index is 14.7. The summed E-state index contributed by atoms with van der Waals surface area (Å²) in [5.74, 6) is 5.85. The monoisotopic (exact) mass is 452 g/mol. The Hall–Kier alpha value is -3.26. The van der Waals surface area contributed by atoms with Crippen molar-refractivity contribution in [1.29, 1.82) is 0 Å². The molecule has 5 heteroatoms. The average Bonchev–Trinajstić information content (AvgIpc) is 2.77. The van der Waals surface area contributed by atoms with Crippen LogP contribution in [-0.4, -0.2) is 6.36 Å². The van der Waals surface area contributed by atoms with Gasteiger partial charge in [0.15, 0.2) is 0 Å². The van der Waals surface area contributed by atoms with Crippen molar-refractivity contribution in [3.8, 4) is 17.6 Å². The van der Waals surface area contributed by atoms with Crippen LogP contribution in [-0.2, 0) is 19.3 Å². The standard InChI is InChI=1S/C28H24F4O/c1-2-3-20-9-15-26(27(29)17-20)24-12-11-22-16-21(6-10-23(22)18-24)5-4-19-7-13-25(14-8-19)33-28(30,31)32/h6-10,13-17,24H,2-3,11-12,18H2,1H3. The van der Waals surface area contributed by atoms with Gasteiger partial charge in [-0.25, -0.2) is 4.39 Å². The minimum atomic E-state index is -4.71.